The molecule has 0 N–H and O–H groups in total. The molecular formula is C15H16N2O3S. The quantitative estimate of drug-likeness (QED) is 0.864. The summed E-state index contributed by atoms with van der Waals surface area (Å²) in [4.78, 5) is 4.44. The molecule has 1 saturated heterocycles. The second-order valence-electron chi connectivity index (χ2n) is 5.64. The summed E-state index contributed by atoms with van der Waals surface area (Å²) in [5.74, 6) is 0.558. The zero-order chi connectivity index (χ0) is 14.4. The number of pyridine rings is 1. The van der Waals surface area contributed by atoms with Crippen LogP contribution in [0.25, 0.3) is 10.9 Å². The van der Waals surface area contributed by atoms with Crippen LogP contribution in [0.5, 0.6) is 5.88 Å². The molecular weight excluding hydrogens is 288 g/mol. The van der Waals surface area contributed by atoms with Gasteiger partial charge in [0.2, 0.25) is 15.9 Å². The average Bonchev–Trinajstić information content (AvgIpc) is 3.27. The van der Waals surface area contributed by atoms with E-state index >= 15 is 0 Å². The lowest BCUT2D eigenvalue weighted by atomic mass is 10.2. The van der Waals surface area contributed by atoms with Crippen molar-refractivity contribution in [1.82, 2.24) is 9.29 Å². The number of hydrogen-bond donors (Lipinski definition) is 0. The molecule has 0 atom stereocenters. The largest absolute Gasteiger partial charge is 0.472 e. The van der Waals surface area contributed by atoms with E-state index in [9.17, 15) is 8.42 Å². The van der Waals surface area contributed by atoms with Crippen molar-refractivity contribution in [1.29, 1.82) is 0 Å². The van der Waals surface area contributed by atoms with Gasteiger partial charge in [0, 0.05) is 11.5 Å². The summed E-state index contributed by atoms with van der Waals surface area (Å²) in [6, 6.07) is 11.6. The smallest absolute Gasteiger partial charge is 0.217 e. The highest BCUT2D eigenvalue weighted by Crippen LogP contribution is 2.33. The van der Waals surface area contributed by atoms with Crippen molar-refractivity contribution < 1.29 is 13.2 Å². The third-order valence-electron chi connectivity index (χ3n) is 3.98. The number of para-hydroxylation sites is 1. The molecule has 1 aromatic carbocycles. The molecule has 0 radical (unpaired) electrons. The molecule has 4 rings (SSSR count). The first kappa shape index (κ1) is 13.0. The van der Waals surface area contributed by atoms with Gasteiger partial charge in [0.1, 0.15) is 6.10 Å². The van der Waals surface area contributed by atoms with Gasteiger partial charge in [-0.15, -0.1) is 0 Å². The Morgan fingerprint density at radius 1 is 1.10 bits per heavy atom. The molecule has 1 aliphatic carbocycles. The number of benzene rings is 1. The number of hydrogen-bond acceptors (Lipinski definition) is 4. The van der Waals surface area contributed by atoms with E-state index in [4.69, 9.17) is 4.74 Å². The maximum absolute atomic E-state index is 12.0. The fraction of sp³-hybridized carbons (Fsp3) is 0.400. The van der Waals surface area contributed by atoms with Gasteiger partial charge in [-0.2, -0.15) is 4.31 Å². The van der Waals surface area contributed by atoms with Gasteiger partial charge in [0.15, 0.2) is 0 Å². The van der Waals surface area contributed by atoms with Gasteiger partial charge in [-0.05, 0) is 25.0 Å². The minimum atomic E-state index is -3.06. The molecule has 5 nitrogen and oxygen atoms in total. The second-order valence-corrected chi connectivity index (χ2v) is 7.86. The van der Waals surface area contributed by atoms with Crippen LogP contribution in [-0.4, -0.2) is 42.2 Å². The molecule has 110 valence electrons. The Morgan fingerprint density at radius 3 is 2.62 bits per heavy atom. The van der Waals surface area contributed by atoms with E-state index < -0.39 is 10.0 Å². The molecule has 2 aromatic rings. The van der Waals surface area contributed by atoms with Crippen molar-refractivity contribution in [2.45, 2.75) is 24.2 Å². The van der Waals surface area contributed by atoms with Crippen molar-refractivity contribution >= 4 is 20.9 Å². The van der Waals surface area contributed by atoms with Crippen LogP contribution in [0.2, 0.25) is 0 Å². The van der Waals surface area contributed by atoms with Crippen molar-refractivity contribution in [2.75, 3.05) is 13.1 Å². The monoisotopic (exact) mass is 304 g/mol. The van der Waals surface area contributed by atoms with Gasteiger partial charge in [0.05, 0.1) is 23.9 Å². The molecule has 21 heavy (non-hydrogen) atoms. The molecule has 0 amide bonds. The van der Waals surface area contributed by atoms with Crippen LogP contribution >= 0.6 is 0 Å². The van der Waals surface area contributed by atoms with Crippen LogP contribution in [0.4, 0.5) is 0 Å². The third kappa shape index (κ3) is 2.38. The van der Waals surface area contributed by atoms with Crippen molar-refractivity contribution in [2.24, 2.45) is 0 Å². The number of fused-ring (bicyclic) bond motifs is 1. The van der Waals surface area contributed by atoms with Crippen LogP contribution in [-0.2, 0) is 10.0 Å². The minimum absolute atomic E-state index is 0.0906. The van der Waals surface area contributed by atoms with Crippen molar-refractivity contribution in [3.63, 3.8) is 0 Å². The van der Waals surface area contributed by atoms with Gasteiger partial charge in [0.25, 0.3) is 0 Å². The predicted molar refractivity (Wildman–Crippen MR) is 79.7 cm³/mol. The van der Waals surface area contributed by atoms with Gasteiger partial charge in [-0.25, -0.2) is 13.4 Å². The maximum atomic E-state index is 12.0. The summed E-state index contributed by atoms with van der Waals surface area (Å²) in [6.45, 7) is 0.876. The van der Waals surface area contributed by atoms with Crippen LogP contribution in [0.15, 0.2) is 36.4 Å². The Kier molecular flexibility index (Phi) is 2.90. The highest BCUT2D eigenvalue weighted by atomic mass is 32.2. The van der Waals surface area contributed by atoms with E-state index in [1.165, 1.54) is 4.31 Å². The van der Waals surface area contributed by atoms with E-state index in [1.54, 1.807) is 0 Å². The fourth-order valence-electron chi connectivity index (χ4n) is 2.54. The molecule has 2 aliphatic rings. The number of ether oxygens (including phenoxy) is 1. The molecule has 0 bridgehead atoms. The zero-order valence-corrected chi connectivity index (χ0v) is 12.3. The predicted octanol–water partition coefficient (Wildman–Crippen LogP) is 1.79. The van der Waals surface area contributed by atoms with E-state index in [2.05, 4.69) is 4.98 Å². The lowest BCUT2D eigenvalue weighted by Crippen LogP contribution is -2.56. The topological polar surface area (TPSA) is 59.5 Å². The summed E-state index contributed by atoms with van der Waals surface area (Å²) in [5, 5.41) is 0.925. The summed E-state index contributed by atoms with van der Waals surface area (Å²) < 4.78 is 31.3. The van der Waals surface area contributed by atoms with Crippen molar-refractivity contribution in [3.05, 3.63) is 36.4 Å². The van der Waals surface area contributed by atoms with E-state index in [0.717, 1.165) is 23.7 Å². The molecule has 6 heteroatoms. The molecule has 1 aromatic heterocycles. The maximum Gasteiger partial charge on any atom is 0.217 e. The number of sulfonamides is 1. The SMILES string of the molecule is O=S(=O)(C1CC1)N1CC(Oc2ccc3ccccc3n2)C1. The number of aromatic nitrogens is 1. The van der Waals surface area contributed by atoms with Crippen LogP contribution < -0.4 is 4.74 Å². The number of nitrogens with zero attached hydrogens (tertiary/aromatic N) is 2. The summed E-state index contributed by atoms with van der Waals surface area (Å²) in [7, 11) is -3.06. The average molecular weight is 304 g/mol. The van der Waals surface area contributed by atoms with E-state index in [1.807, 2.05) is 36.4 Å². The second kappa shape index (κ2) is 4.68. The highest BCUT2D eigenvalue weighted by molar-refractivity contribution is 7.90. The molecule has 0 spiro atoms. The molecule has 0 unspecified atom stereocenters. The Hall–Kier alpha value is -1.66. The first-order valence-corrected chi connectivity index (χ1v) is 8.65. The molecule has 2 heterocycles. The summed E-state index contributed by atoms with van der Waals surface area (Å²) in [6.07, 6.45) is 1.51. The van der Waals surface area contributed by atoms with Gasteiger partial charge < -0.3 is 4.74 Å². The fourth-order valence-corrected chi connectivity index (χ4v) is 4.45. The zero-order valence-electron chi connectivity index (χ0n) is 11.5. The normalized spacial score (nSPS) is 20.4. The molecule has 1 aliphatic heterocycles. The lowest BCUT2D eigenvalue weighted by molar-refractivity contribution is 0.0723. The first-order chi connectivity index (χ1) is 10.1. The van der Waals surface area contributed by atoms with Gasteiger partial charge in [-0.1, -0.05) is 18.2 Å². The lowest BCUT2D eigenvalue weighted by Gasteiger charge is -2.37. The van der Waals surface area contributed by atoms with E-state index in [0.29, 0.717) is 19.0 Å². The third-order valence-corrected chi connectivity index (χ3v) is 6.31. The summed E-state index contributed by atoms with van der Waals surface area (Å²) >= 11 is 0. The highest BCUT2D eigenvalue weighted by Gasteiger charge is 2.45. The Balaban J connectivity index is 1.43. The Morgan fingerprint density at radius 2 is 1.86 bits per heavy atom. The van der Waals surface area contributed by atoms with Crippen LogP contribution in [0.1, 0.15) is 12.8 Å². The van der Waals surface area contributed by atoms with Crippen LogP contribution in [0, 0.1) is 0 Å². The minimum Gasteiger partial charge on any atom is -0.472 e. The first-order valence-electron chi connectivity index (χ1n) is 7.14. The summed E-state index contributed by atoms with van der Waals surface area (Å²) in [5.41, 5.74) is 0.886. The van der Waals surface area contributed by atoms with Gasteiger partial charge in [-0.3, -0.25) is 0 Å². The van der Waals surface area contributed by atoms with Crippen molar-refractivity contribution in [3.8, 4) is 5.88 Å². The van der Waals surface area contributed by atoms with E-state index in [-0.39, 0.29) is 11.4 Å². The number of rotatable bonds is 4. The standard InChI is InChI=1S/C15H16N2O3S/c18-21(19,13-6-7-13)17-9-12(10-17)20-15-8-5-11-3-1-2-4-14(11)16-15/h1-5,8,12-13H,6-7,9-10H2. The molecule has 1 saturated carbocycles. The Bertz CT molecular complexity index is 780. The van der Waals surface area contributed by atoms with Gasteiger partial charge >= 0.3 is 0 Å². The van der Waals surface area contributed by atoms with Crippen LogP contribution in [0.3, 0.4) is 0 Å². The molecule has 2 fully saturated rings. The Labute approximate surface area is 123 Å².